The number of hydrogen-bond donors (Lipinski definition) is 2. The molecule has 1 rings (SSSR count). The number of carbonyl (C=O) groups excluding carboxylic acids is 1. The van der Waals surface area contributed by atoms with E-state index in [-0.39, 0.29) is 26.1 Å². The molecule has 1 saturated heterocycles. The summed E-state index contributed by atoms with van der Waals surface area (Å²) in [7, 11) is -3.64. The van der Waals surface area contributed by atoms with E-state index in [0.717, 1.165) is 6.26 Å². The molecule has 110 valence electrons. The van der Waals surface area contributed by atoms with E-state index < -0.39 is 32.0 Å². The van der Waals surface area contributed by atoms with Gasteiger partial charge in [-0.15, -0.1) is 0 Å². The monoisotopic (exact) mass is 293 g/mol. The van der Waals surface area contributed by atoms with E-state index >= 15 is 0 Å². The number of carboxylic acid groups (broad SMARTS) is 1. The molecule has 0 bridgehead atoms. The van der Waals surface area contributed by atoms with Crippen LogP contribution in [0.5, 0.6) is 0 Å². The van der Waals surface area contributed by atoms with Crippen LogP contribution in [0, 0.1) is 0 Å². The first-order valence-corrected chi connectivity index (χ1v) is 7.75. The average Bonchev–Trinajstić information content (AvgIpc) is 2.28. The molecule has 0 aromatic heterocycles. The molecule has 1 heterocycles. The quantitative estimate of drug-likeness (QED) is 0.727. The summed E-state index contributed by atoms with van der Waals surface area (Å²) < 4.78 is 26.6. The third-order valence-electron chi connectivity index (χ3n) is 3.58. The van der Waals surface area contributed by atoms with Crippen molar-refractivity contribution in [2.75, 3.05) is 19.5 Å². The number of rotatable bonds is 4. The number of sulfone groups is 1. The maximum atomic E-state index is 12.1. The van der Waals surface area contributed by atoms with Crippen molar-refractivity contribution in [2.45, 2.75) is 37.0 Å². The Labute approximate surface area is 112 Å². The van der Waals surface area contributed by atoms with Crippen LogP contribution < -0.4 is 5.32 Å². The van der Waals surface area contributed by atoms with Crippen molar-refractivity contribution < 1.29 is 27.9 Å². The van der Waals surface area contributed by atoms with Gasteiger partial charge in [0.05, 0.1) is 0 Å². The first-order valence-electron chi connectivity index (χ1n) is 5.86. The van der Waals surface area contributed by atoms with Crippen LogP contribution in [0.25, 0.3) is 0 Å². The fourth-order valence-corrected chi connectivity index (χ4v) is 2.04. The highest BCUT2D eigenvalue weighted by Crippen LogP contribution is 2.24. The molecule has 0 aromatic carbocycles. The van der Waals surface area contributed by atoms with Gasteiger partial charge in [-0.3, -0.25) is 4.79 Å². The SMILES string of the molecule is CC(C)(C(=O)NC1(C(=O)O)CCOCC1)S(C)(=O)=O. The largest absolute Gasteiger partial charge is 0.480 e. The van der Waals surface area contributed by atoms with Crippen LogP contribution in [0.1, 0.15) is 26.7 Å². The summed E-state index contributed by atoms with van der Waals surface area (Å²) in [6.07, 6.45) is 1.19. The number of hydrogen-bond acceptors (Lipinski definition) is 5. The Bertz CT molecular complexity index is 475. The van der Waals surface area contributed by atoms with Gasteiger partial charge in [0.1, 0.15) is 10.3 Å². The normalized spacial score (nSPS) is 19.7. The predicted octanol–water partition coefficient (Wildman–Crippen LogP) is -0.440. The summed E-state index contributed by atoms with van der Waals surface area (Å²) in [4.78, 5) is 23.5. The summed E-state index contributed by atoms with van der Waals surface area (Å²) in [5.41, 5.74) is -1.45. The van der Waals surface area contributed by atoms with Gasteiger partial charge in [0.25, 0.3) is 0 Å². The van der Waals surface area contributed by atoms with E-state index in [1.807, 2.05) is 0 Å². The maximum absolute atomic E-state index is 12.1. The van der Waals surface area contributed by atoms with E-state index in [2.05, 4.69) is 5.32 Å². The Morgan fingerprint density at radius 3 is 2.11 bits per heavy atom. The van der Waals surface area contributed by atoms with Crippen LogP contribution in [0.15, 0.2) is 0 Å². The Morgan fingerprint density at radius 2 is 1.74 bits per heavy atom. The zero-order valence-corrected chi connectivity index (χ0v) is 12.0. The summed E-state index contributed by atoms with van der Waals surface area (Å²) in [6.45, 7) is 2.94. The van der Waals surface area contributed by atoms with Crippen molar-refractivity contribution in [3.05, 3.63) is 0 Å². The van der Waals surface area contributed by atoms with Gasteiger partial charge in [0.2, 0.25) is 5.91 Å². The first-order chi connectivity index (χ1) is 8.53. The summed E-state index contributed by atoms with van der Waals surface area (Å²) >= 11 is 0. The van der Waals surface area contributed by atoms with Crippen LogP contribution in [0.2, 0.25) is 0 Å². The molecular formula is C11H19NO6S. The van der Waals surface area contributed by atoms with Crippen molar-refractivity contribution in [3.8, 4) is 0 Å². The fourth-order valence-electron chi connectivity index (χ4n) is 1.65. The zero-order chi connectivity index (χ0) is 14.9. The summed E-state index contributed by atoms with van der Waals surface area (Å²) in [5, 5.41) is 11.7. The van der Waals surface area contributed by atoms with Crippen LogP contribution >= 0.6 is 0 Å². The van der Waals surface area contributed by atoms with Gasteiger partial charge in [-0.1, -0.05) is 0 Å². The zero-order valence-electron chi connectivity index (χ0n) is 11.2. The minimum Gasteiger partial charge on any atom is -0.480 e. The summed E-state index contributed by atoms with van der Waals surface area (Å²) in [6, 6.07) is 0. The third kappa shape index (κ3) is 3.06. The third-order valence-corrected chi connectivity index (χ3v) is 5.62. The summed E-state index contributed by atoms with van der Waals surface area (Å²) in [5.74, 6) is -1.98. The predicted molar refractivity (Wildman–Crippen MR) is 67.5 cm³/mol. The average molecular weight is 293 g/mol. The van der Waals surface area contributed by atoms with Crippen LogP contribution in [-0.4, -0.2) is 55.2 Å². The minimum atomic E-state index is -3.64. The van der Waals surface area contributed by atoms with Gasteiger partial charge < -0.3 is 15.2 Å². The number of carboxylic acids is 1. The van der Waals surface area contributed by atoms with Crippen LogP contribution in [-0.2, 0) is 24.2 Å². The Morgan fingerprint density at radius 1 is 1.26 bits per heavy atom. The number of carbonyl (C=O) groups is 2. The molecule has 1 aliphatic rings. The molecule has 7 nitrogen and oxygen atoms in total. The number of aliphatic carboxylic acids is 1. The molecule has 1 aliphatic heterocycles. The van der Waals surface area contributed by atoms with Gasteiger partial charge in [-0.25, -0.2) is 13.2 Å². The molecule has 0 aliphatic carbocycles. The van der Waals surface area contributed by atoms with Gasteiger partial charge in [0, 0.05) is 32.3 Å². The highest BCUT2D eigenvalue weighted by molar-refractivity contribution is 7.92. The number of ether oxygens (including phenoxy) is 1. The van der Waals surface area contributed by atoms with Crippen LogP contribution in [0.4, 0.5) is 0 Å². The van der Waals surface area contributed by atoms with Crippen molar-refractivity contribution in [2.24, 2.45) is 0 Å². The molecule has 8 heteroatoms. The second kappa shape index (κ2) is 5.09. The van der Waals surface area contributed by atoms with E-state index in [9.17, 15) is 23.1 Å². The lowest BCUT2D eigenvalue weighted by atomic mass is 9.89. The number of nitrogens with one attached hydrogen (secondary N) is 1. The van der Waals surface area contributed by atoms with Crippen molar-refractivity contribution in [1.29, 1.82) is 0 Å². The molecule has 0 aromatic rings. The Kier molecular flexibility index (Phi) is 4.26. The van der Waals surface area contributed by atoms with Crippen LogP contribution in [0.3, 0.4) is 0 Å². The standard InChI is InChI=1S/C11H19NO6S/c1-10(2,19(3,16)17)8(13)12-11(9(14)15)4-6-18-7-5-11/h4-7H2,1-3H3,(H,12,13)(H,14,15). The van der Waals surface area contributed by atoms with Gasteiger partial charge in [0.15, 0.2) is 9.84 Å². The molecule has 0 atom stereocenters. The molecule has 0 unspecified atom stereocenters. The highest BCUT2D eigenvalue weighted by atomic mass is 32.2. The molecule has 0 spiro atoms. The highest BCUT2D eigenvalue weighted by Gasteiger charge is 2.47. The molecule has 0 saturated carbocycles. The first kappa shape index (κ1) is 15.9. The van der Waals surface area contributed by atoms with Crippen molar-refractivity contribution in [3.63, 3.8) is 0 Å². The molecule has 1 amide bonds. The molecule has 2 N–H and O–H groups in total. The van der Waals surface area contributed by atoms with E-state index in [4.69, 9.17) is 4.74 Å². The van der Waals surface area contributed by atoms with Crippen molar-refractivity contribution >= 4 is 21.7 Å². The topological polar surface area (TPSA) is 110 Å². The fraction of sp³-hybridized carbons (Fsp3) is 0.818. The maximum Gasteiger partial charge on any atom is 0.329 e. The van der Waals surface area contributed by atoms with Gasteiger partial charge in [-0.2, -0.15) is 0 Å². The smallest absolute Gasteiger partial charge is 0.329 e. The second-order valence-electron chi connectivity index (χ2n) is 5.24. The lowest BCUT2D eigenvalue weighted by molar-refractivity contribution is -0.152. The van der Waals surface area contributed by atoms with Crippen molar-refractivity contribution in [1.82, 2.24) is 5.32 Å². The Balaban J connectivity index is 2.99. The Hall–Kier alpha value is -1.15. The lowest BCUT2D eigenvalue weighted by Crippen LogP contribution is -2.62. The molecular weight excluding hydrogens is 274 g/mol. The minimum absolute atomic E-state index is 0.119. The second-order valence-corrected chi connectivity index (χ2v) is 7.80. The van der Waals surface area contributed by atoms with Gasteiger partial charge >= 0.3 is 5.97 Å². The number of amides is 1. The molecule has 19 heavy (non-hydrogen) atoms. The van der Waals surface area contributed by atoms with Gasteiger partial charge in [-0.05, 0) is 13.8 Å². The molecule has 0 radical (unpaired) electrons. The van der Waals surface area contributed by atoms with E-state index in [1.54, 1.807) is 0 Å². The lowest BCUT2D eigenvalue weighted by Gasteiger charge is -2.36. The van der Waals surface area contributed by atoms with E-state index in [0.29, 0.717) is 0 Å². The molecule has 1 fully saturated rings. The van der Waals surface area contributed by atoms with E-state index in [1.165, 1.54) is 13.8 Å².